The second kappa shape index (κ2) is 8.50. The van der Waals surface area contributed by atoms with Crippen LogP contribution in [0, 0.1) is 0 Å². The fourth-order valence-corrected chi connectivity index (χ4v) is 1.69. The van der Waals surface area contributed by atoms with E-state index >= 15 is 0 Å². The minimum absolute atomic E-state index is 0.162. The summed E-state index contributed by atoms with van der Waals surface area (Å²) < 4.78 is 5.48. The molecule has 1 aromatic rings. The van der Waals surface area contributed by atoms with Gasteiger partial charge in [0.05, 0.1) is 18.4 Å². The summed E-state index contributed by atoms with van der Waals surface area (Å²) in [7, 11) is 0. The molecule has 1 heterocycles. The number of carboxylic acids is 1. The average Bonchev–Trinajstić information content (AvgIpc) is 2.38. The molecular weight excluding hydrogens is 230 g/mol. The summed E-state index contributed by atoms with van der Waals surface area (Å²) >= 11 is 0. The van der Waals surface area contributed by atoms with Crippen LogP contribution < -0.4 is 4.74 Å². The maximum atomic E-state index is 10.7. The van der Waals surface area contributed by atoms with Crippen molar-refractivity contribution in [3.05, 3.63) is 24.0 Å². The first-order chi connectivity index (χ1) is 8.74. The van der Waals surface area contributed by atoms with E-state index in [1.165, 1.54) is 37.9 Å². The zero-order valence-corrected chi connectivity index (χ0v) is 10.9. The van der Waals surface area contributed by atoms with E-state index in [0.717, 1.165) is 12.8 Å². The van der Waals surface area contributed by atoms with Crippen LogP contribution in [0.1, 0.15) is 55.8 Å². The van der Waals surface area contributed by atoms with Gasteiger partial charge >= 0.3 is 5.97 Å². The summed E-state index contributed by atoms with van der Waals surface area (Å²) in [6.45, 7) is 2.82. The van der Waals surface area contributed by atoms with Crippen LogP contribution in [0.25, 0.3) is 0 Å². The van der Waals surface area contributed by atoms with Gasteiger partial charge in [0.15, 0.2) is 0 Å². The summed E-state index contributed by atoms with van der Waals surface area (Å²) in [6.07, 6.45) is 10.1. The van der Waals surface area contributed by atoms with E-state index < -0.39 is 5.97 Å². The van der Waals surface area contributed by atoms with Gasteiger partial charge in [-0.15, -0.1) is 0 Å². The molecule has 0 spiro atoms. The minimum atomic E-state index is -0.979. The Hall–Kier alpha value is -1.58. The first-order valence-electron chi connectivity index (χ1n) is 6.55. The summed E-state index contributed by atoms with van der Waals surface area (Å²) in [5.74, 6) is -0.448. The third-order valence-electron chi connectivity index (χ3n) is 2.73. The van der Waals surface area contributed by atoms with Crippen LogP contribution in [0.3, 0.4) is 0 Å². The molecule has 0 aliphatic heterocycles. The van der Waals surface area contributed by atoms with Gasteiger partial charge in [0.25, 0.3) is 0 Å². The predicted octanol–water partition coefficient (Wildman–Crippen LogP) is 3.52. The lowest BCUT2D eigenvalue weighted by molar-refractivity contribution is 0.0696. The van der Waals surface area contributed by atoms with E-state index in [2.05, 4.69) is 11.9 Å². The molecule has 0 radical (unpaired) electrons. The molecule has 18 heavy (non-hydrogen) atoms. The van der Waals surface area contributed by atoms with Gasteiger partial charge in [-0.25, -0.2) is 4.79 Å². The van der Waals surface area contributed by atoms with Gasteiger partial charge in [0, 0.05) is 6.20 Å². The number of hydrogen-bond donors (Lipinski definition) is 1. The van der Waals surface area contributed by atoms with Crippen molar-refractivity contribution in [2.75, 3.05) is 6.61 Å². The van der Waals surface area contributed by atoms with Crippen LogP contribution in [-0.4, -0.2) is 22.7 Å². The Balaban J connectivity index is 2.19. The molecule has 100 valence electrons. The monoisotopic (exact) mass is 251 g/mol. The number of unbranched alkanes of at least 4 members (excludes halogenated alkanes) is 5. The fourth-order valence-electron chi connectivity index (χ4n) is 1.69. The first kappa shape index (κ1) is 14.5. The molecule has 0 bridgehead atoms. The SMILES string of the molecule is CCCCCCCCOc1cncc(C(=O)O)c1. The zero-order chi connectivity index (χ0) is 13.2. The van der Waals surface area contributed by atoms with Crippen LogP contribution >= 0.6 is 0 Å². The Labute approximate surface area is 108 Å². The highest BCUT2D eigenvalue weighted by atomic mass is 16.5. The van der Waals surface area contributed by atoms with Gasteiger partial charge in [-0.2, -0.15) is 0 Å². The van der Waals surface area contributed by atoms with Crippen LogP contribution in [0.15, 0.2) is 18.5 Å². The quantitative estimate of drug-likeness (QED) is 0.682. The molecule has 0 aromatic carbocycles. The Morgan fingerprint density at radius 3 is 2.67 bits per heavy atom. The van der Waals surface area contributed by atoms with E-state index in [1.54, 1.807) is 6.20 Å². The molecule has 0 unspecified atom stereocenters. The number of carbonyl (C=O) groups is 1. The van der Waals surface area contributed by atoms with E-state index in [4.69, 9.17) is 9.84 Å². The van der Waals surface area contributed by atoms with Gasteiger partial charge in [0.2, 0.25) is 0 Å². The van der Waals surface area contributed by atoms with Crippen molar-refractivity contribution < 1.29 is 14.6 Å². The van der Waals surface area contributed by atoms with E-state index in [1.807, 2.05) is 0 Å². The van der Waals surface area contributed by atoms with Crippen molar-refractivity contribution in [1.29, 1.82) is 0 Å². The lowest BCUT2D eigenvalue weighted by Crippen LogP contribution is -2.01. The highest BCUT2D eigenvalue weighted by molar-refractivity contribution is 5.87. The molecule has 1 N–H and O–H groups in total. The molecule has 0 saturated carbocycles. The van der Waals surface area contributed by atoms with Gasteiger partial charge < -0.3 is 9.84 Å². The van der Waals surface area contributed by atoms with Crippen LogP contribution in [0.4, 0.5) is 0 Å². The zero-order valence-electron chi connectivity index (χ0n) is 10.9. The van der Waals surface area contributed by atoms with Crippen molar-refractivity contribution in [2.24, 2.45) is 0 Å². The summed E-state index contributed by atoms with van der Waals surface area (Å²) in [5, 5.41) is 8.81. The van der Waals surface area contributed by atoms with Crippen molar-refractivity contribution in [1.82, 2.24) is 4.98 Å². The second-order valence-corrected chi connectivity index (χ2v) is 4.33. The third kappa shape index (κ3) is 5.66. The average molecular weight is 251 g/mol. The number of carboxylic acid groups (broad SMARTS) is 1. The van der Waals surface area contributed by atoms with E-state index in [0.29, 0.717) is 12.4 Å². The summed E-state index contributed by atoms with van der Waals surface area (Å²) in [6, 6.07) is 1.51. The standard InChI is InChI=1S/C14H21NO3/c1-2-3-4-5-6-7-8-18-13-9-12(14(16)17)10-15-11-13/h9-11H,2-8H2,1H3,(H,16,17). The Bertz CT molecular complexity index is 366. The van der Waals surface area contributed by atoms with Gasteiger partial charge in [-0.05, 0) is 12.5 Å². The number of aromatic carboxylic acids is 1. The van der Waals surface area contributed by atoms with Crippen LogP contribution in [-0.2, 0) is 0 Å². The molecule has 0 aliphatic carbocycles. The Kier molecular flexibility index (Phi) is 6.84. The maximum absolute atomic E-state index is 10.7. The highest BCUT2D eigenvalue weighted by Crippen LogP contribution is 2.12. The molecule has 0 aliphatic rings. The molecular formula is C14H21NO3. The smallest absolute Gasteiger partial charge is 0.337 e. The van der Waals surface area contributed by atoms with Gasteiger partial charge in [-0.3, -0.25) is 4.98 Å². The first-order valence-corrected chi connectivity index (χ1v) is 6.55. The third-order valence-corrected chi connectivity index (χ3v) is 2.73. The molecule has 4 nitrogen and oxygen atoms in total. The number of nitrogens with zero attached hydrogens (tertiary/aromatic N) is 1. The van der Waals surface area contributed by atoms with Gasteiger partial charge in [-0.1, -0.05) is 39.0 Å². The fraction of sp³-hybridized carbons (Fsp3) is 0.571. The number of hydrogen-bond acceptors (Lipinski definition) is 3. The van der Waals surface area contributed by atoms with Crippen LogP contribution in [0.2, 0.25) is 0 Å². The minimum Gasteiger partial charge on any atom is -0.492 e. The summed E-state index contributed by atoms with van der Waals surface area (Å²) in [4.78, 5) is 14.6. The molecule has 0 amide bonds. The van der Waals surface area contributed by atoms with Gasteiger partial charge in [0.1, 0.15) is 5.75 Å². The maximum Gasteiger partial charge on any atom is 0.337 e. The normalized spacial score (nSPS) is 10.3. The lowest BCUT2D eigenvalue weighted by atomic mass is 10.1. The number of pyridine rings is 1. The van der Waals surface area contributed by atoms with Crippen molar-refractivity contribution in [3.8, 4) is 5.75 Å². The molecule has 4 heteroatoms. The number of ether oxygens (including phenoxy) is 1. The Morgan fingerprint density at radius 2 is 1.94 bits per heavy atom. The number of aromatic nitrogens is 1. The largest absolute Gasteiger partial charge is 0.492 e. The van der Waals surface area contributed by atoms with Crippen molar-refractivity contribution >= 4 is 5.97 Å². The lowest BCUT2D eigenvalue weighted by Gasteiger charge is -2.06. The molecule has 1 aromatic heterocycles. The topological polar surface area (TPSA) is 59.4 Å². The predicted molar refractivity (Wildman–Crippen MR) is 70.1 cm³/mol. The van der Waals surface area contributed by atoms with E-state index in [-0.39, 0.29) is 5.56 Å². The van der Waals surface area contributed by atoms with E-state index in [9.17, 15) is 4.79 Å². The number of rotatable bonds is 9. The molecule has 0 fully saturated rings. The Morgan fingerprint density at radius 1 is 1.22 bits per heavy atom. The molecule has 0 atom stereocenters. The van der Waals surface area contributed by atoms with Crippen LogP contribution in [0.5, 0.6) is 5.75 Å². The van der Waals surface area contributed by atoms with Crippen molar-refractivity contribution in [2.45, 2.75) is 45.4 Å². The molecule has 1 rings (SSSR count). The molecule has 0 saturated heterocycles. The summed E-state index contributed by atoms with van der Waals surface area (Å²) in [5.41, 5.74) is 0.162. The second-order valence-electron chi connectivity index (χ2n) is 4.33. The highest BCUT2D eigenvalue weighted by Gasteiger charge is 2.04. The van der Waals surface area contributed by atoms with Crippen molar-refractivity contribution in [3.63, 3.8) is 0 Å².